The maximum Gasteiger partial charge on any atom is 0.0824 e. The average molecular weight is 805 g/mol. The minimum atomic E-state index is -0.0917. The van der Waals surface area contributed by atoms with E-state index in [0.29, 0.717) is 0 Å². The van der Waals surface area contributed by atoms with Crippen LogP contribution in [0.2, 0.25) is 0 Å². The zero-order valence-corrected chi connectivity index (χ0v) is 35.0. The quantitative estimate of drug-likeness (QED) is 0.108. The van der Waals surface area contributed by atoms with Gasteiger partial charge in [0.15, 0.2) is 0 Å². The van der Waals surface area contributed by atoms with Gasteiger partial charge in [0.1, 0.15) is 0 Å². The molecule has 0 aliphatic heterocycles. The highest BCUT2D eigenvalue weighted by atomic mass is 32.1. The Morgan fingerprint density at radius 1 is 0.550 bits per heavy atom. The van der Waals surface area contributed by atoms with Crippen molar-refractivity contribution in [3.8, 4) is 16.8 Å². The molecule has 11 rings (SSSR count). The maximum atomic E-state index is 5.46. The summed E-state index contributed by atoms with van der Waals surface area (Å²) in [5.74, 6) is 0.0689. The fourth-order valence-corrected chi connectivity index (χ4v) is 11.7. The Labute approximate surface area is 357 Å². The molecule has 2 unspecified atom stereocenters. The summed E-state index contributed by atoms with van der Waals surface area (Å²) in [5, 5.41) is 7.72. The largest absolute Gasteiger partial charge is 0.308 e. The lowest BCUT2D eigenvalue weighted by Gasteiger charge is -2.24. The van der Waals surface area contributed by atoms with Crippen LogP contribution >= 0.6 is 22.7 Å². The van der Waals surface area contributed by atoms with Crippen LogP contribution < -0.4 is 0 Å². The summed E-state index contributed by atoms with van der Waals surface area (Å²) in [6.07, 6.45) is 0. The molecule has 2 nitrogen and oxygen atoms in total. The van der Waals surface area contributed by atoms with Crippen molar-refractivity contribution >= 4 is 96.1 Å². The number of hydrogen-bond donors (Lipinski definition) is 0. The van der Waals surface area contributed by atoms with E-state index in [-0.39, 0.29) is 12.0 Å². The highest BCUT2D eigenvalue weighted by molar-refractivity contribution is 7.27. The number of para-hydroxylation sites is 2. The second-order valence-electron chi connectivity index (χ2n) is 15.6. The summed E-state index contributed by atoms with van der Waals surface area (Å²) < 4.78 is 7.63. The van der Waals surface area contributed by atoms with Crippen LogP contribution in [-0.4, -0.2) is 10.3 Å². The highest BCUT2D eigenvalue weighted by Crippen LogP contribution is 2.45. The molecule has 0 N–H and O–H groups in total. The summed E-state index contributed by atoms with van der Waals surface area (Å²) in [6.45, 7) is 8.49. The van der Waals surface area contributed by atoms with Crippen molar-refractivity contribution in [3.63, 3.8) is 0 Å². The third-order valence-electron chi connectivity index (χ3n) is 12.2. The molecule has 0 aliphatic carbocycles. The third-order valence-corrected chi connectivity index (χ3v) is 14.6. The van der Waals surface area contributed by atoms with Crippen molar-refractivity contribution in [3.05, 3.63) is 211 Å². The van der Waals surface area contributed by atoms with Crippen LogP contribution in [0.5, 0.6) is 0 Å². The van der Waals surface area contributed by atoms with Gasteiger partial charge in [-0.25, -0.2) is 0 Å². The van der Waals surface area contributed by atoms with Crippen molar-refractivity contribution in [1.82, 2.24) is 4.57 Å². The first kappa shape index (κ1) is 36.3. The Kier molecular flexibility index (Phi) is 8.94. The molecule has 0 spiro atoms. The first-order valence-corrected chi connectivity index (χ1v) is 22.1. The second-order valence-corrected chi connectivity index (χ2v) is 17.8. The van der Waals surface area contributed by atoms with Crippen molar-refractivity contribution in [2.75, 3.05) is 0 Å². The van der Waals surface area contributed by atoms with E-state index in [1.54, 1.807) is 0 Å². The Hall–Kier alpha value is -6.81. The molecule has 0 saturated heterocycles. The normalized spacial score (nSPS) is 13.1. The molecule has 0 radical (unpaired) electrons. The van der Waals surface area contributed by atoms with Crippen LogP contribution in [-0.2, 0) is 0 Å². The lowest BCUT2D eigenvalue weighted by atomic mass is 9.85. The Balaban J connectivity index is 0.987. The molecule has 0 saturated carbocycles. The molecule has 0 aliphatic rings. The van der Waals surface area contributed by atoms with Crippen LogP contribution in [0.25, 0.3) is 84.5 Å². The fraction of sp³-hybridized carbons (Fsp3) is 0.0714. The number of rotatable bonds is 8. The lowest BCUT2D eigenvalue weighted by Crippen LogP contribution is -2.12. The molecule has 0 bridgehead atoms. The van der Waals surface area contributed by atoms with E-state index in [0.717, 1.165) is 22.4 Å². The van der Waals surface area contributed by atoms with Gasteiger partial charge in [-0.15, -0.1) is 28.4 Å². The number of thiophene rings is 2. The third kappa shape index (κ3) is 5.95. The van der Waals surface area contributed by atoms with Gasteiger partial charge in [0.25, 0.3) is 0 Å². The van der Waals surface area contributed by atoms with E-state index in [1.807, 2.05) is 28.7 Å². The van der Waals surface area contributed by atoms with Gasteiger partial charge in [0.05, 0.1) is 27.5 Å². The predicted molar refractivity (Wildman–Crippen MR) is 262 cm³/mol. The van der Waals surface area contributed by atoms with Crippen molar-refractivity contribution in [2.45, 2.75) is 19.9 Å². The first-order valence-electron chi connectivity index (χ1n) is 20.5. The number of benzene rings is 8. The van der Waals surface area contributed by atoms with Gasteiger partial charge in [-0.1, -0.05) is 159 Å². The molecule has 8 aromatic carbocycles. The molecular formula is C56H40N2S2. The molecular weight excluding hydrogens is 765 g/mol. The molecule has 2 atom stereocenters. The topological polar surface area (TPSA) is 17.3 Å². The first-order chi connectivity index (χ1) is 29.6. The Morgan fingerprint density at radius 3 is 1.93 bits per heavy atom. The average Bonchev–Trinajstić information content (AvgIpc) is 3.98. The van der Waals surface area contributed by atoms with Gasteiger partial charge >= 0.3 is 0 Å². The molecule has 11 aromatic rings. The zero-order chi connectivity index (χ0) is 40.3. The summed E-state index contributed by atoms with van der Waals surface area (Å²) in [5.41, 5.74) is 15.0. The van der Waals surface area contributed by atoms with E-state index >= 15 is 0 Å². The van der Waals surface area contributed by atoms with E-state index in [4.69, 9.17) is 4.99 Å². The molecule has 3 aromatic heterocycles. The van der Waals surface area contributed by atoms with E-state index < -0.39 is 0 Å². The minimum absolute atomic E-state index is 0.0689. The smallest absolute Gasteiger partial charge is 0.0824 e. The summed E-state index contributed by atoms with van der Waals surface area (Å²) in [6, 6.07) is 66.0. The molecule has 4 heteroatoms. The fourth-order valence-electron chi connectivity index (χ4n) is 9.27. The van der Waals surface area contributed by atoms with E-state index in [9.17, 15) is 0 Å². The molecule has 3 heterocycles. The highest BCUT2D eigenvalue weighted by Gasteiger charge is 2.24. The summed E-state index contributed by atoms with van der Waals surface area (Å²) >= 11 is 3.76. The van der Waals surface area contributed by atoms with Crippen LogP contribution in [0.1, 0.15) is 36.6 Å². The number of nitrogens with zero attached hydrogens (tertiary/aromatic N) is 2. The number of hydrogen-bond acceptors (Lipinski definition) is 3. The van der Waals surface area contributed by atoms with Crippen LogP contribution in [0.3, 0.4) is 0 Å². The SMILES string of the molecule is C=C=C(c1ccccc1)C(C)C(/N=C(\C)c1ccc2c(c1)sc1ccc(-c3cccc4c3sc3c(-n5c6ccccc6c6ccccc65)cccc34)cc12)c1ccccc1. The van der Waals surface area contributed by atoms with Crippen LogP contribution in [0.4, 0.5) is 0 Å². The maximum absolute atomic E-state index is 5.46. The lowest BCUT2D eigenvalue weighted by molar-refractivity contribution is 0.585. The van der Waals surface area contributed by atoms with Crippen LogP contribution in [0, 0.1) is 5.92 Å². The second kappa shape index (κ2) is 14.8. The zero-order valence-electron chi connectivity index (χ0n) is 33.4. The van der Waals surface area contributed by atoms with Crippen molar-refractivity contribution in [1.29, 1.82) is 0 Å². The van der Waals surface area contributed by atoms with E-state index in [1.165, 1.54) is 84.5 Å². The van der Waals surface area contributed by atoms with Gasteiger partial charge in [-0.3, -0.25) is 4.99 Å². The van der Waals surface area contributed by atoms with Gasteiger partial charge in [0.2, 0.25) is 0 Å². The Bertz CT molecular complexity index is 3470. The Morgan fingerprint density at radius 2 is 1.20 bits per heavy atom. The minimum Gasteiger partial charge on any atom is -0.308 e. The summed E-state index contributed by atoms with van der Waals surface area (Å²) in [7, 11) is 0. The van der Waals surface area contributed by atoms with Crippen molar-refractivity contribution in [2.24, 2.45) is 10.9 Å². The van der Waals surface area contributed by atoms with E-state index in [2.05, 4.69) is 207 Å². The predicted octanol–water partition coefficient (Wildman–Crippen LogP) is 16.2. The monoisotopic (exact) mass is 804 g/mol. The molecule has 60 heavy (non-hydrogen) atoms. The van der Waals surface area contributed by atoms with Gasteiger partial charge in [0, 0.05) is 63.6 Å². The van der Waals surface area contributed by atoms with Crippen molar-refractivity contribution < 1.29 is 0 Å². The van der Waals surface area contributed by atoms with Gasteiger partial charge in [-0.2, -0.15) is 0 Å². The molecule has 0 fully saturated rings. The standard InChI is InChI=1S/C56H40N2S2/c1-4-41(37-17-7-5-8-18-37)35(2)54(38-19-9-6-10-20-38)57-36(3)39-29-31-45-48-33-40(30-32-52(48)59-53(45)34-39)42-23-15-24-46-47-25-16-28-51(56(47)60-55(42)46)58-49-26-13-11-21-43(49)44-22-12-14-27-50(44)58/h5-35,54H,1H2,2-3H3/b57-36+. The number of aromatic nitrogens is 1. The number of aliphatic imine (C=N–C) groups is 1. The number of fused-ring (bicyclic) bond motifs is 9. The van der Waals surface area contributed by atoms with Gasteiger partial charge in [-0.05, 0) is 71.1 Å². The van der Waals surface area contributed by atoms with Crippen LogP contribution in [0.15, 0.2) is 199 Å². The van der Waals surface area contributed by atoms with Gasteiger partial charge < -0.3 is 4.57 Å². The summed E-state index contributed by atoms with van der Waals surface area (Å²) in [4.78, 5) is 5.46. The molecule has 0 amide bonds. The molecule has 286 valence electrons.